The first-order chi connectivity index (χ1) is 15.6. The van der Waals surface area contributed by atoms with Crippen LogP contribution in [0.25, 0.3) is 10.4 Å². The van der Waals surface area contributed by atoms with Gasteiger partial charge in [-0.05, 0) is 64.3 Å². The number of carbonyl (C=O) groups excluding carboxylic acids is 1. The normalized spacial score (nSPS) is 18.9. The molecule has 1 aromatic heterocycles. The predicted octanol–water partition coefficient (Wildman–Crippen LogP) is 4.31. The molecule has 1 unspecified atom stereocenters. The lowest BCUT2D eigenvalue weighted by Gasteiger charge is -2.38. The third kappa shape index (κ3) is 5.56. The minimum absolute atomic E-state index is 0.134. The third-order valence-electron chi connectivity index (χ3n) is 5.58. The Balaban J connectivity index is 1.38. The number of anilines is 1. The van der Waals surface area contributed by atoms with Crippen LogP contribution in [0, 0.1) is 18.3 Å². The smallest absolute Gasteiger partial charge is 0.410 e. The molecule has 1 amide bonds. The number of nitrogens with two attached hydrogens (primary N) is 1. The molecule has 9 nitrogen and oxygen atoms in total. The molecular weight excluding hydrogens is 442 g/mol. The lowest BCUT2D eigenvalue weighted by Crippen LogP contribution is -2.45. The number of carbonyl (C=O) groups is 1. The highest BCUT2D eigenvalue weighted by Crippen LogP contribution is 2.38. The van der Waals surface area contributed by atoms with Crippen LogP contribution in [0.3, 0.4) is 0 Å². The molecule has 4 N–H and O–H groups in total. The van der Waals surface area contributed by atoms with Gasteiger partial charge in [-0.2, -0.15) is 0 Å². The van der Waals surface area contributed by atoms with Crippen molar-refractivity contribution in [2.24, 2.45) is 11.7 Å². The summed E-state index contributed by atoms with van der Waals surface area (Å²) in [5, 5.41) is 10.7. The number of ether oxygens (including phenoxy) is 3. The summed E-state index contributed by atoms with van der Waals surface area (Å²) in [7, 11) is 0. The van der Waals surface area contributed by atoms with E-state index in [-0.39, 0.29) is 24.3 Å². The van der Waals surface area contributed by atoms with Gasteiger partial charge in [-0.3, -0.25) is 5.41 Å². The number of likely N-dealkylation sites (tertiary alicyclic amines) is 1. The summed E-state index contributed by atoms with van der Waals surface area (Å²) in [6.07, 6.45) is 1.04. The highest BCUT2D eigenvalue weighted by Gasteiger charge is 2.34. The molecule has 2 aliphatic rings. The van der Waals surface area contributed by atoms with Crippen molar-refractivity contribution >= 4 is 28.5 Å². The zero-order chi connectivity index (χ0) is 23.8. The van der Waals surface area contributed by atoms with Gasteiger partial charge in [-0.25, -0.2) is 9.78 Å². The highest BCUT2D eigenvalue weighted by atomic mass is 32.1. The number of aryl methyl sites for hydroxylation is 1. The van der Waals surface area contributed by atoms with Crippen molar-refractivity contribution < 1.29 is 19.0 Å². The maximum atomic E-state index is 12.3. The van der Waals surface area contributed by atoms with Gasteiger partial charge in [0.05, 0.1) is 17.2 Å². The summed E-state index contributed by atoms with van der Waals surface area (Å²) < 4.78 is 17.8. The average molecular weight is 474 g/mol. The Morgan fingerprint density at radius 3 is 2.73 bits per heavy atom. The molecule has 1 atom stereocenters. The van der Waals surface area contributed by atoms with Gasteiger partial charge in [0.25, 0.3) is 0 Å². The van der Waals surface area contributed by atoms with Crippen LogP contribution in [0.1, 0.15) is 44.9 Å². The predicted molar refractivity (Wildman–Crippen MR) is 128 cm³/mol. The SMILES string of the molecule is Cc1nc(NC(=N)N)sc1-c1ccc2c(c1)COC(C1CCN(C(=O)OC(C)(C)C)CC1)O2. The molecule has 0 bridgehead atoms. The number of fused-ring (bicyclic) bond motifs is 1. The molecule has 2 aliphatic heterocycles. The van der Waals surface area contributed by atoms with E-state index in [1.807, 2.05) is 39.8 Å². The Bertz CT molecular complexity index is 1040. The number of guanidine groups is 1. The standard InChI is InChI=1S/C23H31N5O4S/c1-13-18(33-21(26-13)27-20(24)25)15-5-6-17-16(11-15)12-30-19(31-17)14-7-9-28(10-8-14)22(29)32-23(2,3)4/h5-6,11,14,19H,7-10,12H2,1-4H3,(H4,24,25,26,27). The van der Waals surface area contributed by atoms with Crippen LogP contribution in [-0.2, 0) is 16.1 Å². The van der Waals surface area contributed by atoms with Crippen LogP contribution in [0.2, 0.25) is 0 Å². The summed E-state index contributed by atoms with van der Waals surface area (Å²) in [5.74, 6) is 0.916. The molecule has 0 aliphatic carbocycles. The second-order valence-corrected chi connectivity index (χ2v) is 10.4. The summed E-state index contributed by atoms with van der Waals surface area (Å²) in [6, 6.07) is 6.06. The van der Waals surface area contributed by atoms with Gasteiger partial charge in [0.1, 0.15) is 11.4 Å². The van der Waals surface area contributed by atoms with E-state index in [4.69, 9.17) is 25.4 Å². The fourth-order valence-electron chi connectivity index (χ4n) is 4.03. The van der Waals surface area contributed by atoms with Gasteiger partial charge >= 0.3 is 6.09 Å². The number of hydrogen-bond donors (Lipinski definition) is 3. The van der Waals surface area contributed by atoms with Crippen LogP contribution in [0.15, 0.2) is 18.2 Å². The van der Waals surface area contributed by atoms with Crippen molar-refractivity contribution in [3.63, 3.8) is 0 Å². The van der Waals surface area contributed by atoms with Crippen molar-refractivity contribution in [3.05, 3.63) is 29.5 Å². The summed E-state index contributed by atoms with van der Waals surface area (Å²) in [6.45, 7) is 9.30. The lowest BCUT2D eigenvalue weighted by atomic mass is 9.95. The maximum Gasteiger partial charge on any atom is 0.410 e. The van der Waals surface area contributed by atoms with E-state index >= 15 is 0 Å². The average Bonchev–Trinajstić information content (AvgIpc) is 3.11. The Hall–Kier alpha value is -2.85. The fourth-order valence-corrected chi connectivity index (χ4v) is 5.00. The Kier molecular flexibility index (Phi) is 6.49. The maximum absolute atomic E-state index is 12.3. The largest absolute Gasteiger partial charge is 0.464 e. The molecule has 3 heterocycles. The van der Waals surface area contributed by atoms with Crippen molar-refractivity contribution in [2.45, 2.75) is 59.0 Å². The molecule has 0 saturated carbocycles. The molecule has 33 heavy (non-hydrogen) atoms. The molecule has 2 aromatic rings. The number of aromatic nitrogens is 1. The van der Waals surface area contributed by atoms with E-state index < -0.39 is 5.60 Å². The second kappa shape index (κ2) is 9.18. The number of amides is 1. The summed E-state index contributed by atoms with van der Waals surface area (Å²) in [5.41, 5.74) is 7.81. The van der Waals surface area contributed by atoms with Gasteiger partial charge in [-0.15, -0.1) is 0 Å². The second-order valence-electron chi connectivity index (χ2n) is 9.40. The Morgan fingerprint density at radius 1 is 1.33 bits per heavy atom. The molecule has 0 spiro atoms. The molecule has 0 radical (unpaired) electrons. The van der Waals surface area contributed by atoms with Crippen LogP contribution in [0.5, 0.6) is 5.75 Å². The van der Waals surface area contributed by atoms with Crippen LogP contribution < -0.4 is 15.8 Å². The van der Waals surface area contributed by atoms with Crippen molar-refractivity contribution in [1.82, 2.24) is 9.88 Å². The van der Waals surface area contributed by atoms with Crippen LogP contribution in [0.4, 0.5) is 9.93 Å². The van der Waals surface area contributed by atoms with E-state index in [1.54, 1.807) is 4.90 Å². The minimum atomic E-state index is -0.491. The fraction of sp³-hybridized carbons (Fsp3) is 0.522. The van der Waals surface area contributed by atoms with E-state index in [0.717, 1.165) is 40.3 Å². The summed E-state index contributed by atoms with van der Waals surface area (Å²) >= 11 is 1.45. The molecule has 10 heteroatoms. The van der Waals surface area contributed by atoms with Gasteiger partial charge in [0, 0.05) is 24.6 Å². The van der Waals surface area contributed by atoms with E-state index in [9.17, 15) is 4.79 Å². The lowest BCUT2D eigenvalue weighted by molar-refractivity contribution is -0.149. The number of benzene rings is 1. The van der Waals surface area contributed by atoms with Gasteiger partial charge in [0.15, 0.2) is 11.1 Å². The monoisotopic (exact) mass is 473 g/mol. The van der Waals surface area contributed by atoms with E-state index in [0.29, 0.717) is 24.8 Å². The first-order valence-electron chi connectivity index (χ1n) is 11.1. The van der Waals surface area contributed by atoms with Crippen molar-refractivity contribution in [1.29, 1.82) is 5.41 Å². The summed E-state index contributed by atoms with van der Waals surface area (Å²) in [4.78, 5) is 19.5. The van der Waals surface area contributed by atoms with Crippen molar-refractivity contribution in [3.8, 4) is 16.2 Å². The topological polar surface area (TPSA) is 123 Å². The molecule has 4 rings (SSSR count). The Morgan fingerprint density at radius 2 is 2.06 bits per heavy atom. The first kappa shape index (κ1) is 23.3. The van der Waals surface area contributed by atoms with E-state index in [1.165, 1.54) is 11.3 Å². The zero-order valence-corrected chi connectivity index (χ0v) is 20.3. The molecule has 1 aromatic carbocycles. The first-order valence-corrected chi connectivity index (χ1v) is 11.9. The van der Waals surface area contributed by atoms with Gasteiger partial charge in [0.2, 0.25) is 6.29 Å². The third-order valence-corrected chi connectivity index (χ3v) is 6.71. The minimum Gasteiger partial charge on any atom is -0.464 e. The molecule has 1 saturated heterocycles. The molecule has 178 valence electrons. The quantitative estimate of drug-likeness (QED) is 0.448. The van der Waals surface area contributed by atoms with Crippen LogP contribution >= 0.6 is 11.3 Å². The highest BCUT2D eigenvalue weighted by molar-refractivity contribution is 7.19. The van der Waals surface area contributed by atoms with Gasteiger partial charge < -0.3 is 30.2 Å². The number of nitrogens with one attached hydrogen (secondary N) is 2. The number of nitrogens with zero attached hydrogens (tertiary/aromatic N) is 2. The Labute approximate surface area is 197 Å². The number of thiazole rings is 1. The number of rotatable bonds is 3. The molecule has 1 fully saturated rings. The van der Waals surface area contributed by atoms with Gasteiger partial charge in [-0.1, -0.05) is 11.3 Å². The van der Waals surface area contributed by atoms with Crippen LogP contribution in [-0.4, -0.2) is 46.9 Å². The zero-order valence-electron chi connectivity index (χ0n) is 19.4. The molecular formula is C23H31N5O4S. The van der Waals surface area contributed by atoms with E-state index in [2.05, 4.69) is 16.4 Å². The number of hydrogen-bond acceptors (Lipinski definition) is 7. The number of piperidine rings is 1. The van der Waals surface area contributed by atoms with Crippen molar-refractivity contribution in [2.75, 3.05) is 18.4 Å².